The lowest BCUT2D eigenvalue weighted by Gasteiger charge is -2.33. The maximum atomic E-state index is 12.5. The summed E-state index contributed by atoms with van der Waals surface area (Å²) in [6, 6.07) is 7.66. The number of carboxylic acid groups (broad SMARTS) is 1. The zero-order valence-corrected chi connectivity index (χ0v) is 13.9. The average Bonchev–Trinajstić information content (AvgIpc) is 3.01. The van der Waals surface area contributed by atoms with Crippen molar-refractivity contribution in [1.29, 1.82) is 0 Å². The van der Waals surface area contributed by atoms with Crippen LogP contribution < -0.4 is 4.74 Å². The van der Waals surface area contributed by atoms with Crippen molar-refractivity contribution in [2.24, 2.45) is 11.3 Å². The number of amides is 1. The van der Waals surface area contributed by atoms with E-state index in [1.165, 1.54) is 0 Å². The van der Waals surface area contributed by atoms with Crippen molar-refractivity contribution in [2.45, 2.75) is 19.3 Å². The number of methoxy groups -OCH3 is 1. The fourth-order valence-electron chi connectivity index (χ4n) is 3.73. The van der Waals surface area contributed by atoms with Crippen molar-refractivity contribution in [2.75, 3.05) is 33.4 Å². The molecule has 0 aliphatic carbocycles. The summed E-state index contributed by atoms with van der Waals surface area (Å²) >= 11 is 0. The molecule has 0 saturated carbocycles. The van der Waals surface area contributed by atoms with Crippen molar-refractivity contribution in [3.8, 4) is 5.75 Å². The van der Waals surface area contributed by atoms with E-state index in [1.54, 1.807) is 12.0 Å². The Labute approximate surface area is 141 Å². The number of likely N-dealkylation sites (tertiary alicyclic amines) is 1. The normalized spacial score (nSPS) is 26.0. The van der Waals surface area contributed by atoms with Crippen molar-refractivity contribution in [1.82, 2.24) is 4.90 Å². The summed E-state index contributed by atoms with van der Waals surface area (Å²) in [7, 11) is 1.61. The molecule has 2 aliphatic heterocycles. The highest BCUT2D eigenvalue weighted by molar-refractivity contribution is 5.81. The van der Waals surface area contributed by atoms with Gasteiger partial charge in [-0.05, 0) is 30.5 Å². The summed E-state index contributed by atoms with van der Waals surface area (Å²) in [6.07, 6.45) is 1.47. The van der Waals surface area contributed by atoms with Gasteiger partial charge in [0, 0.05) is 32.0 Å². The Kier molecular flexibility index (Phi) is 4.76. The highest BCUT2D eigenvalue weighted by atomic mass is 16.5. The summed E-state index contributed by atoms with van der Waals surface area (Å²) < 4.78 is 10.6. The quantitative estimate of drug-likeness (QED) is 0.885. The van der Waals surface area contributed by atoms with Crippen molar-refractivity contribution >= 4 is 11.9 Å². The first-order chi connectivity index (χ1) is 11.5. The molecule has 0 bridgehead atoms. The van der Waals surface area contributed by atoms with Gasteiger partial charge >= 0.3 is 5.97 Å². The van der Waals surface area contributed by atoms with Gasteiger partial charge in [-0.3, -0.25) is 9.59 Å². The van der Waals surface area contributed by atoms with Crippen LogP contribution in [0, 0.1) is 11.3 Å². The van der Waals surface area contributed by atoms with Gasteiger partial charge in [0.25, 0.3) is 0 Å². The number of nitrogens with zero attached hydrogens (tertiary/aromatic N) is 1. The Morgan fingerprint density at radius 2 is 2.29 bits per heavy atom. The van der Waals surface area contributed by atoms with Crippen LogP contribution in [0.1, 0.15) is 18.4 Å². The molecule has 1 aromatic rings. The molecule has 1 aromatic carbocycles. The Hall–Kier alpha value is -2.08. The van der Waals surface area contributed by atoms with Crippen LogP contribution in [0.4, 0.5) is 0 Å². The van der Waals surface area contributed by atoms with Crippen LogP contribution in [0.3, 0.4) is 0 Å². The Morgan fingerprint density at radius 3 is 3.00 bits per heavy atom. The zero-order valence-electron chi connectivity index (χ0n) is 13.9. The van der Waals surface area contributed by atoms with Crippen LogP contribution >= 0.6 is 0 Å². The third-order valence-electron chi connectivity index (χ3n) is 5.25. The van der Waals surface area contributed by atoms with Gasteiger partial charge in [0.15, 0.2) is 0 Å². The molecule has 0 spiro atoms. The highest BCUT2D eigenvalue weighted by Gasteiger charge is 2.54. The summed E-state index contributed by atoms with van der Waals surface area (Å²) in [5.74, 6) is -0.134. The summed E-state index contributed by atoms with van der Waals surface area (Å²) in [5, 5.41) is 9.66. The van der Waals surface area contributed by atoms with E-state index in [9.17, 15) is 14.7 Å². The number of fused-ring (bicyclic) bond motifs is 1. The molecule has 1 amide bonds. The third-order valence-corrected chi connectivity index (χ3v) is 5.25. The number of aryl methyl sites for hydroxylation is 1. The molecule has 6 heteroatoms. The Balaban J connectivity index is 1.62. The van der Waals surface area contributed by atoms with Gasteiger partial charge in [0.05, 0.1) is 19.1 Å². The second-order valence-corrected chi connectivity index (χ2v) is 6.61. The largest absolute Gasteiger partial charge is 0.497 e. The lowest BCUT2D eigenvalue weighted by atomic mass is 9.74. The van der Waals surface area contributed by atoms with Crippen LogP contribution in [0.5, 0.6) is 5.75 Å². The van der Waals surface area contributed by atoms with Crippen LogP contribution in [-0.4, -0.2) is 55.3 Å². The number of benzene rings is 1. The number of carbonyl (C=O) groups is 2. The summed E-state index contributed by atoms with van der Waals surface area (Å²) in [6.45, 7) is 1.65. The molecule has 6 nitrogen and oxygen atoms in total. The predicted octanol–water partition coefficient (Wildman–Crippen LogP) is 1.58. The van der Waals surface area contributed by atoms with E-state index in [0.717, 1.165) is 11.3 Å². The first-order valence-electron chi connectivity index (χ1n) is 8.27. The van der Waals surface area contributed by atoms with E-state index in [1.807, 2.05) is 24.3 Å². The number of ether oxygens (including phenoxy) is 2. The van der Waals surface area contributed by atoms with Crippen LogP contribution in [0.25, 0.3) is 0 Å². The molecule has 2 fully saturated rings. The molecule has 2 heterocycles. The van der Waals surface area contributed by atoms with Crippen molar-refractivity contribution < 1.29 is 24.2 Å². The van der Waals surface area contributed by atoms with Gasteiger partial charge in [-0.2, -0.15) is 0 Å². The van der Waals surface area contributed by atoms with E-state index in [0.29, 0.717) is 45.6 Å². The molecular formula is C18H23NO5. The highest BCUT2D eigenvalue weighted by Crippen LogP contribution is 2.42. The lowest BCUT2D eigenvalue weighted by Crippen LogP contribution is -2.45. The van der Waals surface area contributed by atoms with Crippen molar-refractivity contribution in [3.05, 3.63) is 29.8 Å². The first kappa shape index (κ1) is 16.8. The SMILES string of the molecule is COc1cccc(CCC(=O)N2C[C@H]3COCC[C@@]3(C(=O)O)C2)c1. The second-order valence-electron chi connectivity index (χ2n) is 6.61. The van der Waals surface area contributed by atoms with Gasteiger partial charge in [-0.15, -0.1) is 0 Å². The number of carboxylic acids is 1. The standard InChI is InChI=1S/C18H23NO5/c1-23-15-4-2-3-13(9-15)5-6-16(20)19-10-14-11-24-8-7-18(14,12-19)17(21)22/h2-4,9,14H,5-8,10-12H2,1H3,(H,21,22)/t14-,18+/m0/s1. The fraction of sp³-hybridized carbons (Fsp3) is 0.556. The maximum absolute atomic E-state index is 12.5. The van der Waals surface area contributed by atoms with Gasteiger partial charge in [-0.25, -0.2) is 0 Å². The van der Waals surface area contributed by atoms with Crippen LogP contribution in [-0.2, 0) is 20.7 Å². The van der Waals surface area contributed by atoms with Gasteiger partial charge in [0.2, 0.25) is 5.91 Å². The third kappa shape index (κ3) is 3.11. The van der Waals surface area contributed by atoms with Crippen LogP contribution in [0.2, 0.25) is 0 Å². The second kappa shape index (κ2) is 6.81. The number of carbonyl (C=O) groups excluding carboxylic acids is 1. The molecule has 130 valence electrons. The molecule has 0 unspecified atom stereocenters. The van der Waals surface area contributed by atoms with E-state index in [4.69, 9.17) is 9.47 Å². The topological polar surface area (TPSA) is 76.1 Å². The molecule has 24 heavy (non-hydrogen) atoms. The number of hydrogen-bond acceptors (Lipinski definition) is 4. The smallest absolute Gasteiger partial charge is 0.311 e. The average molecular weight is 333 g/mol. The first-order valence-corrected chi connectivity index (χ1v) is 8.27. The molecule has 2 saturated heterocycles. The Morgan fingerprint density at radius 1 is 1.46 bits per heavy atom. The minimum Gasteiger partial charge on any atom is -0.497 e. The molecule has 0 radical (unpaired) electrons. The van der Waals surface area contributed by atoms with Gasteiger partial charge in [-0.1, -0.05) is 12.1 Å². The molecular weight excluding hydrogens is 310 g/mol. The Bertz CT molecular complexity index is 632. The molecule has 0 aromatic heterocycles. The van der Waals surface area contributed by atoms with E-state index < -0.39 is 11.4 Å². The summed E-state index contributed by atoms with van der Waals surface area (Å²) in [4.78, 5) is 26.0. The molecule has 2 atom stereocenters. The summed E-state index contributed by atoms with van der Waals surface area (Å²) in [5.41, 5.74) is 0.208. The van der Waals surface area contributed by atoms with E-state index in [-0.39, 0.29) is 11.8 Å². The predicted molar refractivity (Wildman–Crippen MR) is 86.9 cm³/mol. The van der Waals surface area contributed by atoms with Gasteiger partial charge < -0.3 is 19.5 Å². The minimum absolute atomic E-state index is 0.00726. The van der Waals surface area contributed by atoms with Gasteiger partial charge in [0.1, 0.15) is 5.75 Å². The molecule has 1 N–H and O–H groups in total. The minimum atomic E-state index is -0.829. The molecule has 3 rings (SSSR count). The monoisotopic (exact) mass is 333 g/mol. The maximum Gasteiger partial charge on any atom is 0.311 e. The van der Waals surface area contributed by atoms with Crippen LogP contribution in [0.15, 0.2) is 24.3 Å². The number of rotatable bonds is 5. The zero-order chi connectivity index (χ0) is 17.2. The molecule has 2 aliphatic rings. The number of aliphatic carboxylic acids is 1. The fourth-order valence-corrected chi connectivity index (χ4v) is 3.73. The van der Waals surface area contributed by atoms with E-state index in [2.05, 4.69) is 0 Å². The van der Waals surface area contributed by atoms with Crippen molar-refractivity contribution in [3.63, 3.8) is 0 Å². The number of hydrogen-bond donors (Lipinski definition) is 1. The lowest BCUT2D eigenvalue weighted by molar-refractivity contribution is -0.157. The van der Waals surface area contributed by atoms with E-state index >= 15 is 0 Å².